The Balaban J connectivity index is 1.77. The molecule has 0 radical (unpaired) electrons. The van der Waals surface area contributed by atoms with Gasteiger partial charge in [-0.25, -0.2) is 0 Å². The summed E-state index contributed by atoms with van der Waals surface area (Å²) in [5, 5.41) is 3.69. The summed E-state index contributed by atoms with van der Waals surface area (Å²) >= 11 is 0. The van der Waals surface area contributed by atoms with Gasteiger partial charge in [0.1, 0.15) is 0 Å². The highest BCUT2D eigenvalue weighted by Gasteiger charge is 2.46. The molecule has 98 valence electrons. The maximum Gasteiger partial charge on any atom is 0.0320 e. The predicted octanol–water partition coefficient (Wildman–Crippen LogP) is 2.82. The smallest absolute Gasteiger partial charge is 0.0320 e. The van der Waals surface area contributed by atoms with Crippen LogP contribution in [-0.4, -0.2) is 30.6 Å². The number of nitrogens with zero attached hydrogens (tertiary/aromatic N) is 1. The zero-order valence-corrected chi connectivity index (χ0v) is 11.5. The largest absolute Gasteiger partial charge is 0.312 e. The molecule has 1 saturated carbocycles. The third-order valence-electron chi connectivity index (χ3n) is 4.66. The Morgan fingerprint density at radius 1 is 1.28 bits per heavy atom. The maximum absolute atomic E-state index is 3.69. The normalized spacial score (nSPS) is 28.9. The fourth-order valence-corrected chi connectivity index (χ4v) is 3.11. The van der Waals surface area contributed by atoms with E-state index in [2.05, 4.69) is 54.4 Å². The molecule has 1 aromatic carbocycles. The van der Waals surface area contributed by atoms with E-state index in [9.17, 15) is 0 Å². The minimum atomic E-state index is 0.533. The third kappa shape index (κ3) is 2.45. The molecule has 2 atom stereocenters. The van der Waals surface area contributed by atoms with Gasteiger partial charge in [0.05, 0.1) is 0 Å². The fourth-order valence-electron chi connectivity index (χ4n) is 3.11. The summed E-state index contributed by atoms with van der Waals surface area (Å²) < 4.78 is 0. The molecule has 1 aromatic rings. The number of nitrogens with one attached hydrogen (secondary N) is 1. The molecular weight excluding hydrogens is 220 g/mol. The van der Waals surface area contributed by atoms with Crippen molar-refractivity contribution in [2.45, 2.75) is 38.8 Å². The molecule has 0 amide bonds. The van der Waals surface area contributed by atoms with E-state index < -0.39 is 0 Å². The molecule has 2 unspecified atom stereocenters. The van der Waals surface area contributed by atoms with Crippen molar-refractivity contribution in [3.8, 4) is 0 Å². The molecule has 0 aromatic heterocycles. The number of hydrogen-bond donors (Lipinski definition) is 1. The minimum absolute atomic E-state index is 0.533. The second-order valence-corrected chi connectivity index (χ2v) is 6.30. The van der Waals surface area contributed by atoms with Gasteiger partial charge in [0.2, 0.25) is 0 Å². The van der Waals surface area contributed by atoms with Crippen LogP contribution in [0.15, 0.2) is 30.3 Å². The van der Waals surface area contributed by atoms with Gasteiger partial charge in [-0.3, -0.25) is 4.90 Å². The van der Waals surface area contributed by atoms with Crippen LogP contribution < -0.4 is 5.32 Å². The highest BCUT2D eigenvalue weighted by atomic mass is 15.2. The first-order valence-corrected chi connectivity index (χ1v) is 7.21. The summed E-state index contributed by atoms with van der Waals surface area (Å²) in [6.45, 7) is 8.31. The van der Waals surface area contributed by atoms with Crippen LogP contribution in [0.3, 0.4) is 0 Å². The lowest BCUT2D eigenvalue weighted by Crippen LogP contribution is -2.36. The lowest BCUT2D eigenvalue weighted by Gasteiger charge is -2.31. The van der Waals surface area contributed by atoms with Gasteiger partial charge < -0.3 is 5.32 Å². The predicted molar refractivity (Wildman–Crippen MR) is 75.6 cm³/mol. The van der Waals surface area contributed by atoms with Crippen LogP contribution in [0.5, 0.6) is 0 Å². The van der Waals surface area contributed by atoms with Crippen molar-refractivity contribution in [1.82, 2.24) is 10.2 Å². The number of rotatable bonds is 2. The van der Waals surface area contributed by atoms with Crippen molar-refractivity contribution in [3.63, 3.8) is 0 Å². The maximum atomic E-state index is 3.69. The van der Waals surface area contributed by atoms with Gasteiger partial charge in [0.25, 0.3) is 0 Å². The molecule has 18 heavy (non-hydrogen) atoms. The Morgan fingerprint density at radius 3 is 2.67 bits per heavy atom. The van der Waals surface area contributed by atoms with Crippen LogP contribution in [0.25, 0.3) is 0 Å². The summed E-state index contributed by atoms with van der Waals surface area (Å²) in [4.78, 5) is 2.67. The van der Waals surface area contributed by atoms with E-state index in [1.54, 1.807) is 0 Å². The van der Waals surface area contributed by atoms with E-state index in [1.807, 2.05) is 0 Å². The Hall–Kier alpha value is -0.860. The number of hydrogen-bond acceptors (Lipinski definition) is 2. The molecule has 2 heteroatoms. The van der Waals surface area contributed by atoms with Crippen LogP contribution in [0.4, 0.5) is 0 Å². The van der Waals surface area contributed by atoms with Crippen LogP contribution in [-0.2, 0) is 0 Å². The first-order valence-electron chi connectivity index (χ1n) is 7.21. The van der Waals surface area contributed by atoms with Gasteiger partial charge >= 0.3 is 0 Å². The van der Waals surface area contributed by atoms with Crippen LogP contribution >= 0.6 is 0 Å². The molecular formula is C16H24N2. The first kappa shape index (κ1) is 12.2. The Kier molecular flexibility index (Phi) is 3.16. The average Bonchev–Trinajstić information content (AvgIpc) is 3.18. The molecule has 1 N–H and O–H groups in total. The third-order valence-corrected chi connectivity index (χ3v) is 4.66. The monoisotopic (exact) mass is 244 g/mol. The Bertz CT molecular complexity index is 397. The summed E-state index contributed by atoms with van der Waals surface area (Å²) in [6, 6.07) is 12.1. The second-order valence-electron chi connectivity index (χ2n) is 6.30. The molecule has 2 nitrogen and oxygen atoms in total. The average molecular weight is 244 g/mol. The summed E-state index contributed by atoms with van der Waals surface area (Å²) in [6.07, 6.45) is 2.81. The van der Waals surface area contributed by atoms with Gasteiger partial charge in [-0.05, 0) is 37.7 Å². The van der Waals surface area contributed by atoms with Crippen molar-refractivity contribution < 1.29 is 0 Å². The Labute approximate surface area is 110 Å². The van der Waals surface area contributed by atoms with E-state index in [0.717, 1.165) is 6.54 Å². The molecule has 1 spiro atoms. The SMILES string of the molecule is CC1CN(C(C)c2ccccc2)CC2(CC2)CN1. The molecule has 2 fully saturated rings. The fraction of sp³-hybridized carbons (Fsp3) is 0.625. The summed E-state index contributed by atoms with van der Waals surface area (Å²) in [5.74, 6) is 0. The van der Waals surface area contributed by atoms with Gasteiger partial charge in [-0.15, -0.1) is 0 Å². The molecule has 1 aliphatic carbocycles. The standard InChI is InChI=1S/C16H24N2/c1-13-10-18(12-16(8-9-16)11-17-13)14(2)15-6-4-3-5-7-15/h3-7,13-14,17H,8-12H2,1-2H3. The quantitative estimate of drug-likeness (QED) is 0.860. The van der Waals surface area contributed by atoms with E-state index in [1.165, 1.54) is 31.5 Å². The molecule has 1 aliphatic heterocycles. The molecule has 0 bridgehead atoms. The van der Waals surface area contributed by atoms with Crippen LogP contribution in [0.1, 0.15) is 38.3 Å². The zero-order chi connectivity index (χ0) is 12.6. The number of benzene rings is 1. The summed E-state index contributed by atoms with van der Waals surface area (Å²) in [5.41, 5.74) is 2.04. The highest BCUT2D eigenvalue weighted by Crippen LogP contribution is 2.47. The molecule has 1 saturated heterocycles. The lowest BCUT2D eigenvalue weighted by atomic mass is 10.0. The van der Waals surface area contributed by atoms with Gasteiger partial charge in [-0.1, -0.05) is 30.3 Å². The van der Waals surface area contributed by atoms with E-state index in [-0.39, 0.29) is 0 Å². The van der Waals surface area contributed by atoms with Gasteiger partial charge in [0.15, 0.2) is 0 Å². The van der Waals surface area contributed by atoms with Crippen LogP contribution in [0, 0.1) is 5.41 Å². The topological polar surface area (TPSA) is 15.3 Å². The zero-order valence-electron chi connectivity index (χ0n) is 11.5. The lowest BCUT2D eigenvalue weighted by molar-refractivity contribution is 0.182. The molecule has 1 heterocycles. The van der Waals surface area contributed by atoms with Crippen LogP contribution in [0.2, 0.25) is 0 Å². The second kappa shape index (κ2) is 4.67. The van der Waals surface area contributed by atoms with Gasteiger partial charge in [-0.2, -0.15) is 0 Å². The van der Waals surface area contributed by atoms with E-state index >= 15 is 0 Å². The Morgan fingerprint density at radius 2 is 2.00 bits per heavy atom. The minimum Gasteiger partial charge on any atom is -0.312 e. The first-order chi connectivity index (χ1) is 8.69. The van der Waals surface area contributed by atoms with Crippen molar-refractivity contribution in [1.29, 1.82) is 0 Å². The highest BCUT2D eigenvalue weighted by molar-refractivity contribution is 5.19. The van der Waals surface area contributed by atoms with Crippen molar-refractivity contribution in [3.05, 3.63) is 35.9 Å². The van der Waals surface area contributed by atoms with Crippen molar-refractivity contribution in [2.24, 2.45) is 5.41 Å². The van der Waals surface area contributed by atoms with Gasteiger partial charge in [0, 0.05) is 31.7 Å². The van der Waals surface area contributed by atoms with E-state index in [0.29, 0.717) is 17.5 Å². The van der Waals surface area contributed by atoms with Crippen molar-refractivity contribution >= 4 is 0 Å². The van der Waals surface area contributed by atoms with E-state index in [4.69, 9.17) is 0 Å². The molecule has 2 aliphatic rings. The molecule has 3 rings (SSSR count). The summed E-state index contributed by atoms with van der Waals surface area (Å²) in [7, 11) is 0. The van der Waals surface area contributed by atoms with Crippen molar-refractivity contribution in [2.75, 3.05) is 19.6 Å².